The van der Waals surface area contributed by atoms with Crippen molar-refractivity contribution in [1.82, 2.24) is 0 Å². The van der Waals surface area contributed by atoms with Crippen LogP contribution in [0.15, 0.2) is 59.7 Å². The Morgan fingerprint density at radius 1 is 0.654 bits per heavy atom. The molecular formula is C24H24Cl2. The molecule has 2 heteroatoms. The van der Waals surface area contributed by atoms with E-state index in [0.29, 0.717) is 11.8 Å². The number of benzene rings is 2. The SMILES string of the molecule is CC1=C(Cl)c2ccccc2C1CCCCC1C(C)=C(Cl)c2ccccc21. The first-order chi connectivity index (χ1) is 12.6. The summed E-state index contributed by atoms with van der Waals surface area (Å²) in [6.45, 7) is 4.37. The predicted molar refractivity (Wildman–Crippen MR) is 114 cm³/mol. The van der Waals surface area contributed by atoms with Gasteiger partial charge in [0.25, 0.3) is 0 Å². The lowest BCUT2D eigenvalue weighted by Gasteiger charge is -2.17. The van der Waals surface area contributed by atoms with Crippen LogP contribution >= 0.6 is 23.2 Å². The molecule has 0 heterocycles. The van der Waals surface area contributed by atoms with E-state index in [4.69, 9.17) is 23.2 Å². The molecule has 26 heavy (non-hydrogen) atoms. The maximum absolute atomic E-state index is 6.55. The largest absolute Gasteiger partial charge is 0.0837 e. The second kappa shape index (κ2) is 7.25. The summed E-state index contributed by atoms with van der Waals surface area (Å²) >= 11 is 13.1. The quantitative estimate of drug-likeness (QED) is 0.458. The number of unbranched alkanes of at least 4 members (excludes halogenated alkanes) is 1. The highest BCUT2D eigenvalue weighted by Crippen LogP contribution is 2.48. The van der Waals surface area contributed by atoms with E-state index in [1.54, 1.807) is 0 Å². The number of halogens is 2. The fraction of sp³-hybridized carbons (Fsp3) is 0.333. The first kappa shape index (κ1) is 17.9. The number of hydrogen-bond acceptors (Lipinski definition) is 0. The fourth-order valence-electron chi connectivity index (χ4n) is 4.64. The van der Waals surface area contributed by atoms with Gasteiger partial charge in [0, 0.05) is 21.9 Å². The van der Waals surface area contributed by atoms with Crippen molar-refractivity contribution in [2.45, 2.75) is 51.4 Å². The van der Waals surface area contributed by atoms with Crippen LogP contribution in [-0.4, -0.2) is 0 Å². The van der Waals surface area contributed by atoms with E-state index in [-0.39, 0.29) is 0 Å². The monoisotopic (exact) mass is 382 g/mol. The molecule has 0 N–H and O–H groups in total. The second-order valence-corrected chi connectivity index (χ2v) is 8.31. The zero-order valence-corrected chi connectivity index (χ0v) is 16.9. The first-order valence-electron chi connectivity index (χ1n) is 9.50. The van der Waals surface area contributed by atoms with Crippen LogP contribution in [0.4, 0.5) is 0 Å². The Kier molecular flexibility index (Phi) is 4.99. The second-order valence-electron chi connectivity index (χ2n) is 7.56. The summed E-state index contributed by atoms with van der Waals surface area (Å²) in [5.74, 6) is 0.963. The molecule has 2 aliphatic carbocycles. The van der Waals surface area contributed by atoms with Gasteiger partial charge in [-0.2, -0.15) is 0 Å². The van der Waals surface area contributed by atoms with Crippen molar-refractivity contribution in [3.63, 3.8) is 0 Å². The highest BCUT2D eigenvalue weighted by atomic mass is 35.5. The minimum Gasteiger partial charge on any atom is -0.0837 e. The highest BCUT2D eigenvalue weighted by molar-refractivity contribution is 6.50. The van der Waals surface area contributed by atoms with Crippen LogP contribution in [0.5, 0.6) is 0 Å². The zero-order valence-electron chi connectivity index (χ0n) is 15.4. The third kappa shape index (κ3) is 2.94. The first-order valence-corrected chi connectivity index (χ1v) is 10.3. The number of hydrogen-bond donors (Lipinski definition) is 0. The molecule has 0 aromatic heterocycles. The third-order valence-electron chi connectivity index (χ3n) is 6.12. The summed E-state index contributed by atoms with van der Waals surface area (Å²) < 4.78 is 0. The summed E-state index contributed by atoms with van der Waals surface area (Å²) in [6, 6.07) is 17.2. The maximum atomic E-state index is 6.55. The van der Waals surface area contributed by atoms with E-state index in [1.807, 2.05) is 0 Å². The Balaban J connectivity index is 1.40. The average Bonchev–Trinajstić information content (AvgIpc) is 3.06. The van der Waals surface area contributed by atoms with Crippen molar-refractivity contribution < 1.29 is 0 Å². The van der Waals surface area contributed by atoms with Crippen LogP contribution in [0.25, 0.3) is 10.1 Å². The summed E-state index contributed by atoms with van der Waals surface area (Å²) in [5.41, 5.74) is 7.93. The molecule has 2 unspecified atom stereocenters. The van der Waals surface area contributed by atoms with E-state index in [1.165, 1.54) is 59.1 Å². The van der Waals surface area contributed by atoms with Crippen molar-refractivity contribution in [2.75, 3.05) is 0 Å². The lowest BCUT2D eigenvalue weighted by Crippen LogP contribution is -2.00. The molecule has 0 aliphatic heterocycles. The van der Waals surface area contributed by atoms with Crippen molar-refractivity contribution in [3.8, 4) is 0 Å². The molecule has 134 valence electrons. The van der Waals surface area contributed by atoms with Gasteiger partial charge in [-0.3, -0.25) is 0 Å². The molecule has 4 rings (SSSR count). The highest BCUT2D eigenvalue weighted by Gasteiger charge is 2.29. The third-order valence-corrected chi connectivity index (χ3v) is 7.12. The molecule has 2 aromatic carbocycles. The van der Waals surface area contributed by atoms with Crippen molar-refractivity contribution >= 4 is 33.3 Å². The summed E-state index contributed by atoms with van der Waals surface area (Å²) in [7, 11) is 0. The van der Waals surface area contributed by atoms with Crippen LogP contribution in [0.3, 0.4) is 0 Å². The lowest BCUT2D eigenvalue weighted by molar-refractivity contribution is 0.575. The predicted octanol–water partition coefficient (Wildman–Crippen LogP) is 8.08. The molecule has 2 atom stereocenters. The maximum Gasteiger partial charge on any atom is 0.0476 e. The van der Waals surface area contributed by atoms with Gasteiger partial charge in [-0.25, -0.2) is 0 Å². The van der Waals surface area contributed by atoms with Gasteiger partial charge < -0.3 is 0 Å². The minimum absolute atomic E-state index is 0.481. The molecule has 0 saturated heterocycles. The standard InChI is InChI=1S/C24H24Cl2/c1-15-17(19-11-5-7-13-21(19)23(15)25)9-3-4-10-18-16(2)24(26)22-14-8-6-12-20(18)22/h5-8,11-14,17-18H,3-4,9-10H2,1-2H3. The summed E-state index contributed by atoms with van der Waals surface area (Å²) in [4.78, 5) is 0. The molecule has 0 bridgehead atoms. The Morgan fingerprint density at radius 3 is 1.46 bits per heavy atom. The molecule has 0 nitrogen and oxygen atoms in total. The van der Waals surface area contributed by atoms with Gasteiger partial charge in [-0.05, 0) is 60.1 Å². The van der Waals surface area contributed by atoms with Crippen LogP contribution < -0.4 is 0 Å². The van der Waals surface area contributed by atoms with Gasteiger partial charge in [0.05, 0.1) is 0 Å². The Hall–Kier alpha value is -1.50. The van der Waals surface area contributed by atoms with Gasteiger partial charge in [-0.15, -0.1) is 0 Å². The van der Waals surface area contributed by atoms with Crippen molar-refractivity contribution in [1.29, 1.82) is 0 Å². The minimum atomic E-state index is 0.481. The van der Waals surface area contributed by atoms with E-state index < -0.39 is 0 Å². The van der Waals surface area contributed by atoms with Crippen LogP contribution in [0, 0.1) is 0 Å². The summed E-state index contributed by atoms with van der Waals surface area (Å²) in [5, 5.41) is 1.92. The van der Waals surface area contributed by atoms with E-state index in [2.05, 4.69) is 62.4 Å². The van der Waals surface area contributed by atoms with E-state index >= 15 is 0 Å². The van der Waals surface area contributed by atoms with Gasteiger partial charge >= 0.3 is 0 Å². The molecule has 0 amide bonds. The number of allylic oxidation sites excluding steroid dienone is 2. The van der Waals surface area contributed by atoms with Crippen molar-refractivity contribution in [2.24, 2.45) is 0 Å². The smallest absolute Gasteiger partial charge is 0.0476 e. The summed E-state index contributed by atoms with van der Waals surface area (Å²) in [6.07, 6.45) is 4.77. The van der Waals surface area contributed by atoms with Crippen LogP contribution in [0.1, 0.15) is 73.6 Å². The Labute approximate surface area is 166 Å². The molecule has 0 saturated carbocycles. The lowest BCUT2D eigenvalue weighted by atomic mass is 9.87. The molecule has 0 spiro atoms. The van der Waals surface area contributed by atoms with Gasteiger partial charge in [-0.1, -0.05) is 84.6 Å². The normalized spacial score (nSPS) is 21.4. The van der Waals surface area contributed by atoms with E-state index in [0.717, 1.165) is 10.1 Å². The molecule has 2 aliphatic rings. The van der Waals surface area contributed by atoms with Gasteiger partial charge in [0.1, 0.15) is 0 Å². The molecule has 2 aromatic rings. The molecular weight excluding hydrogens is 359 g/mol. The average molecular weight is 383 g/mol. The molecule has 0 radical (unpaired) electrons. The van der Waals surface area contributed by atoms with Gasteiger partial charge in [0.2, 0.25) is 0 Å². The number of fused-ring (bicyclic) bond motifs is 2. The Bertz CT molecular complexity index is 828. The van der Waals surface area contributed by atoms with Crippen molar-refractivity contribution in [3.05, 3.63) is 81.9 Å². The zero-order chi connectivity index (χ0) is 18.3. The van der Waals surface area contributed by atoms with Crippen LogP contribution in [0.2, 0.25) is 0 Å². The fourth-order valence-corrected chi connectivity index (χ4v) is 5.25. The topological polar surface area (TPSA) is 0 Å². The van der Waals surface area contributed by atoms with Crippen LogP contribution in [-0.2, 0) is 0 Å². The van der Waals surface area contributed by atoms with Gasteiger partial charge in [0.15, 0.2) is 0 Å². The van der Waals surface area contributed by atoms with E-state index in [9.17, 15) is 0 Å². The molecule has 0 fully saturated rings. The number of rotatable bonds is 5. The Morgan fingerprint density at radius 2 is 1.04 bits per heavy atom.